The number of hydrogen-bond acceptors (Lipinski definition) is 4. The van der Waals surface area contributed by atoms with Crippen molar-refractivity contribution in [3.8, 4) is 11.1 Å². The zero-order chi connectivity index (χ0) is 21.1. The van der Waals surface area contributed by atoms with Crippen LogP contribution in [0.4, 0.5) is 4.79 Å². The van der Waals surface area contributed by atoms with Gasteiger partial charge in [-0.05, 0) is 28.7 Å². The van der Waals surface area contributed by atoms with Crippen molar-refractivity contribution in [3.05, 3.63) is 71.3 Å². The smallest absolute Gasteiger partial charge is 0.407 e. The second kappa shape index (κ2) is 8.41. The molecule has 2 N–H and O–H groups in total. The van der Waals surface area contributed by atoms with Gasteiger partial charge in [0.25, 0.3) is 0 Å². The van der Waals surface area contributed by atoms with Crippen LogP contribution < -0.4 is 5.32 Å². The standard InChI is InChI=1S/C23H22N2O5/c26-21(25-11-9-15(10-12-25)22(27)28)13-24-23(29)30-14-20-18-7-3-1-5-16(18)17-6-2-4-8-19(17)20/h1-9,20H,10-14H2,(H,24,29)(H,27,28). The van der Waals surface area contributed by atoms with Crippen LogP contribution in [0.5, 0.6) is 0 Å². The Bertz CT molecular complexity index is 984. The quantitative estimate of drug-likeness (QED) is 0.796. The summed E-state index contributed by atoms with van der Waals surface area (Å²) in [5, 5.41) is 11.5. The van der Waals surface area contributed by atoms with Gasteiger partial charge in [-0.1, -0.05) is 54.6 Å². The Kier molecular flexibility index (Phi) is 5.52. The fraction of sp³-hybridized carbons (Fsp3) is 0.261. The van der Waals surface area contributed by atoms with Gasteiger partial charge in [-0.3, -0.25) is 4.79 Å². The van der Waals surface area contributed by atoms with Crippen LogP contribution in [0.2, 0.25) is 0 Å². The van der Waals surface area contributed by atoms with Crippen LogP contribution in [0.25, 0.3) is 11.1 Å². The van der Waals surface area contributed by atoms with E-state index in [4.69, 9.17) is 9.84 Å². The van der Waals surface area contributed by atoms with E-state index in [9.17, 15) is 14.4 Å². The molecule has 0 fully saturated rings. The van der Waals surface area contributed by atoms with Crippen LogP contribution in [0, 0.1) is 0 Å². The van der Waals surface area contributed by atoms with Gasteiger partial charge in [0.1, 0.15) is 13.2 Å². The molecular formula is C23H22N2O5. The first-order valence-electron chi connectivity index (χ1n) is 9.83. The summed E-state index contributed by atoms with van der Waals surface area (Å²) >= 11 is 0. The summed E-state index contributed by atoms with van der Waals surface area (Å²) in [6, 6.07) is 16.1. The number of alkyl carbamates (subject to hydrolysis) is 1. The lowest BCUT2D eigenvalue weighted by molar-refractivity contribution is -0.134. The third-order valence-corrected chi connectivity index (χ3v) is 5.56. The van der Waals surface area contributed by atoms with E-state index in [1.807, 2.05) is 36.4 Å². The van der Waals surface area contributed by atoms with Crippen LogP contribution in [-0.4, -0.2) is 54.2 Å². The molecule has 0 aromatic heterocycles. The summed E-state index contributed by atoms with van der Waals surface area (Å²) in [6.45, 7) is 0.547. The molecule has 7 nitrogen and oxygen atoms in total. The number of carboxylic acid groups (broad SMARTS) is 1. The molecule has 0 saturated heterocycles. The zero-order valence-corrected chi connectivity index (χ0v) is 16.3. The number of nitrogens with zero attached hydrogens (tertiary/aromatic N) is 1. The summed E-state index contributed by atoms with van der Waals surface area (Å²) in [4.78, 5) is 36.9. The van der Waals surface area contributed by atoms with Gasteiger partial charge in [0.15, 0.2) is 0 Å². The predicted molar refractivity (Wildman–Crippen MR) is 110 cm³/mol. The van der Waals surface area contributed by atoms with Crippen LogP contribution in [0.3, 0.4) is 0 Å². The van der Waals surface area contributed by atoms with Crippen LogP contribution >= 0.6 is 0 Å². The Morgan fingerprint density at radius 2 is 1.67 bits per heavy atom. The average Bonchev–Trinajstić information content (AvgIpc) is 3.10. The Balaban J connectivity index is 1.31. The minimum Gasteiger partial charge on any atom is -0.478 e. The van der Waals surface area contributed by atoms with Gasteiger partial charge in [-0.15, -0.1) is 0 Å². The molecule has 1 aliphatic heterocycles. The van der Waals surface area contributed by atoms with Gasteiger partial charge in [-0.25, -0.2) is 9.59 Å². The van der Waals surface area contributed by atoms with Gasteiger partial charge < -0.3 is 20.1 Å². The number of hydrogen-bond donors (Lipinski definition) is 2. The highest BCUT2D eigenvalue weighted by atomic mass is 16.5. The average molecular weight is 406 g/mol. The first-order chi connectivity index (χ1) is 14.5. The molecule has 30 heavy (non-hydrogen) atoms. The lowest BCUT2D eigenvalue weighted by Gasteiger charge is -2.25. The molecule has 7 heteroatoms. The fourth-order valence-electron chi connectivity index (χ4n) is 4.00. The maximum Gasteiger partial charge on any atom is 0.407 e. The highest BCUT2D eigenvalue weighted by molar-refractivity contribution is 5.88. The topological polar surface area (TPSA) is 95.9 Å². The number of nitrogens with one attached hydrogen (secondary N) is 1. The summed E-state index contributed by atoms with van der Waals surface area (Å²) in [6.07, 6.45) is 1.17. The van der Waals surface area contributed by atoms with E-state index in [2.05, 4.69) is 17.4 Å². The van der Waals surface area contributed by atoms with Crippen LogP contribution in [0.15, 0.2) is 60.2 Å². The first kappa shape index (κ1) is 19.7. The molecule has 0 atom stereocenters. The maximum atomic E-state index is 12.2. The summed E-state index contributed by atoms with van der Waals surface area (Å²) in [5.41, 5.74) is 4.85. The Labute approximate surface area is 174 Å². The third kappa shape index (κ3) is 3.91. The monoisotopic (exact) mass is 406 g/mol. The van der Waals surface area contributed by atoms with Crippen LogP contribution in [0.1, 0.15) is 23.5 Å². The number of rotatable bonds is 5. The predicted octanol–water partition coefficient (Wildman–Crippen LogP) is 2.77. The normalized spacial score (nSPS) is 15.1. The molecule has 0 unspecified atom stereocenters. The molecule has 154 valence electrons. The van der Waals surface area contributed by atoms with E-state index in [1.54, 1.807) is 0 Å². The lowest BCUT2D eigenvalue weighted by Crippen LogP contribution is -2.42. The zero-order valence-electron chi connectivity index (χ0n) is 16.3. The van der Waals surface area contributed by atoms with Gasteiger partial charge in [0.05, 0.1) is 0 Å². The molecule has 0 bridgehead atoms. The SMILES string of the molecule is O=C(NCC(=O)N1CC=C(C(=O)O)CC1)OCC1c2ccccc2-c2ccccc21. The minimum atomic E-state index is -0.959. The molecule has 1 heterocycles. The Morgan fingerprint density at radius 3 is 2.23 bits per heavy atom. The van der Waals surface area contributed by atoms with Crippen molar-refractivity contribution in [1.29, 1.82) is 0 Å². The Hall–Kier alpha value is -3.61. The number of carbonyl (C=O) groups excluding carboxylic acids is 2. The van der Waals surface area contributed by atoms with E-state index < -0.39 is 12.1 Å². The van der Waals surface area contributed by atoms with Crippen molar-refractivity contribution in [2.24, 2.45) is 0 Å². The number of amides is 2. The lowest BCUT2D eigenvalue weighted by atomic mass is 9.98. The Morgan fingerprint density at radius 1 is 1.03 bits per heavy atom. The summed E-state index contributed by atoms with van der Waals surface area (Å²) in [5.74, 6) is -1.27. The van der Waals surface area contributed by atoms with Crippen molar-refractivity contribution in [2.75, 3.05) is 26.2 Å². The van der Waals surface area contributed by atoms with Gasteiger partial charge >= 0.3 is 12.1 Å². The number of fused-ring (bicyclic) bond motifs is 3. The molecule has 0 spiro atoms. The van der Waals surface area contributed by atoms with E-state index >= 15 is 0 Å². The molecule has 0 radical (unpaired) electrons. The number of benzene rings is 2. The van der Waals surface area contributed by atoms with Crippen molar-refractivity contribution in [2.45, 2.75) is 12.3 Å². The maximum absolute atomic E-state index is 12.2. The molecular weight excluding hydrogens is 384 g/mol. The minimum absolute atomic E-state index is 0.0412. The largest absolute Gasteiger partial charge is 0.478 e. The molecule has 2 aromatic carbocycles. The fourth-order valence-corrected chi connectivity index (χ4v) is 4.00. The van der Waals surface area contributed by atoms with E-state index in [-0.39, 0.29) is 31.5 Å². The van der Waals surface area contributed by atoms with Crippen molar-refractivity contribution < 1.29 is 24.2 Å². The van der Waals surface area contributed by atoms with E-state index in [0.717, 1.165) is 22.3 Å². The van der Waals surface area contributed by atoms with Crippen LogP contribution in [-0.2, 0) is 14.3 Å². The molecule has 2 amide bonds. The highest BCUT2D eigenvalue weighted by Crippen LogP contribution is 2.44. The van der Waals surface area contributed by atoms with E-state index in [0.29, 0.717) is 18.5 Å². The van der Waals surface area contributed by atoms with Crippen molar-refractivity contribution >= 4 is 18.0 Å². The first-order valence-corrected chi connectivity index (χ1v) is 9.83. The summed E-state index contributed by atoms with van der Waals surface area (Å²) < 4.78 is 5.42. The van der Waals surface area contributed by atoms with E-state index in [1.165, 1.54) is 11.0 Å². The number of carbonyl (C=O) groups is 3. The number of carboxylic acids is 1. The molecule has 1 aliphatic carbocycles. The van der Waals surface area contributed by atoms with Gasteiger partial charge in [0.2, 0.25) is 5.91 Å². The summed E-state index contributed by atoms with van der Waals surface area (Å²) in [7, 11) is 0. The molecule has 4 rings (SSSR count). The van der Waals surface area contributed by atoms with Crippen molar-refractivity contribution in [3.63, 3.8) is 0 Å². The second-order valence-electron chi connectivity index (χ2n) is 7.30. The molecule has 2 aliphatic rings. The number of ether oxygens (including phenoxy) is 1. The third-order valence-electron chi connectivity index (χ3n) is 5.56. The van der Waals surface area contributed by atoms with Crippen molar-refractivity contribution in [1.82, 2.24) is 10.2 Å². The number of aliphatic carboxylic acids is 1. The van der Waals surface area contributed by atoms with Gasteiger partial charge in [0, 0.05) is 24.6 Å². The molecule has 2 aromatic rings. The molecule has 0 saturated carbocycles. The highest BCUT2D eigenvalue weighted by Gasteiger charge is 2.29. The second-order valence-corrected chi connectivity index (χ2v) is 7.30. The van der Waals surface area contributed by atoms with Gasteiger partial charge in [-0.2, -0.15) is 0 Å².